The number of amides is 2. The van der Waals surface area contributed by atoms with Gasteiger partial charge in [-0.2, -0.15) is 5.10 Å². The molecule has 1 atom stereocenters. The van der Waals surface area contributed by atoms with Crippen molar-refractivity contribution in [1.29, 1.82) is 0 Å². The predicted octanol–water partition coefficient (Wildman–Crippen LogP) is 2.52. The lowest BCUT2D eigenvalue weighted by Crippen LogP contribution is -2.37. The third kappa shape index (κ3) is 4.13. The summed E-state index contributed by atoms with van der Waals surface area (Å²) in [6, 6.07) is 7.40. The van der Waals surface area contributed by atoms with Gasteiger partial charge in [0.15, 0.2) is 0 Å². The number of carbonyl (C=O) groups excluding carboxylic acids is 2. The SMILES string of the molecule is CC(C)Cn1ncc(C(=O)NC2CCN(c3ccccc3C(N)=O)C2)c1C1CC1. The number of primary amides is 1. The van der Waals surface area contributed by atoms with Gasteiger partial charge in [0, 0.05) is 37.3 Å². The quantitative estimate of drug-likeness (QED) is 0.753. The van der Waals surface area contributed by atoms with Gasteiger partial charge in [0.1, 0.15) is 0 Å². The highest BCUT2D eigenvalue weighted by atomic mass is 16.2. The Balaban J connectivity index is 1.46. The average molecular weight is 396 g/mol. The molecule has 0 bridgehead atoms. The zero-order valence-corrected chi connectivity index (χ0v) is 17.1. The Hall–Kier alpha value is -2.83. The first-order valence-corrected chi connectivity index (χ1v) is 10.4. The van der Waals surface area contributed by atoms with Crippen LogP contribution in [0, 0.1) is 5.92 Å². The van der Waals surface area contributed by atoms with E-state index in [2.05, 4.69) is 29.2 Å². The van der Waals surface area contributed by atoms with Gasteiger partial charge in [0.2, 0.25) is 0 Å². The van der Waals surface area contributed by atoms with E-state index in [1.807, 2.05) is 22.9 Å². The van der Waals surface area contributed by atoms with Crippen molar-refractivity contribution in [2.75, 3.05) is 18.0 Å². The molecule has 1 aliphatic carbocycles. The molecule has 0 spiro atoms. The van der Waals surface area contributed by atoms with Crippen molar-refractivity contribution in [1.82, 2.24) is 15.1 Å². The van der Waals surface area contributed by atoms with Crippen molar-refractivity contribution < 1.29 is 9.59 Å². The van der Waals surface area contributed by atoms with Gasteiger partial charge in [-0.3, -0.25) is 14.3 Å². The molecule has 2 amide bonds. The number of carbonyl (C=O) groups is 2. The summed E-state index contributed by atoms with van der Waals surface area (Å²) in [6.45, 7) is 6.59. The van der Waals surface area contributed by atoms with Gasteiger partial charge in [0.05, 0.1) is 23.0 Å². The number of rotatable bonds is 7. The van der Waals surface area contributed by atoms with E-state index in [9.17, 15) is 9.59 Å². The van der Waals surface area contributed by atoms with Gasteiger partial charge in [-0.25, -0.2) is 0 Å². The molecule has 7 nitrogen and oxygen atoms in total. The van der Waals surface area contributed by atoms with Gasteiger partial charge < -0.3 is 16.0 Å². The molecule has 1 saturated heterocycles. The summed E-state index contributed by atoms with van der Waals surface area (Å²) in [6.07, 6.45) is 4.81. The van der Waals surface area contributed by atoms with Crippen molar-refractivity contribution in [2.24, 2.45) is 11.7 Å². The fourth-order valence-electron chi connectivity index (χ4n) is 4.17. The summed E-state index contributed by atoms with van der Waals surface area (Å²) < 4.78 is 2.02. The number of nitrogens with zero attached hydrogens (tertiary/aromatic N) is 3. The fraction of sp³-hybridized carbons (Fsp3) is 0.500. The second-order valence-electron chi connectivity index (χ2n) is 8.58. The topological polar surface area (TPSA) is 93.2 Å². The number of para-hydroxylation sites is 1. The molecule has 154 valence electrons. The van der Waals surface area contributed by atoms with Crippen LogP contribution in [-0.2, 0) is 6.54 Å². The summed E-state index contributed by atoms with van der Waals surface area (Å²) in [7, 11) is 0. The van der Waals surface area contributed by atoms with E-state index < -0.39 is 5.91 Å². The highest BCUT2D eigenvalue weighted by Crippen LogP contribution is 2.42. The molecule has 4 rings (SSSR count). The van der Waals surface area contributed by atoms with E-state index in [1.165, 1.54) is 0 Å². The first-order chi connectivity index (χ1) is 13.9. The third-order valence-corrected chi connectivity index (χ3v) is 5.66. The molecule has 1 aromatic carbocycles. The number of hydrogen-bond donors (Lipinski definition) is 2. The van der Waals surface area contributed by atoms with E-state index in [1.54, 1.807) is 12.3 Å². The van der Waals surface area contributed by atoms with E-state index in [4.69, 9.17) is 5.73 Å². The molecule has 2 fully saturated rings. The van der Waals surface area contributed by atoms with Crippen LogP contribution in [-0.4, -0.2) is 40.7 Å². The molecule has 29 heavy (non-hydrogen) atoms. The minimum Gasteiger partial charge on any atom is -0.369 e. The van der Waals surface area contributed by atoms with Crippen molar-refractivity contribution in [3.8, 4) is 0 Å². The molecule has 0 radical (unpaired) electrons. The van der Waals surface area contributed by atoms with Gasteiger partial charge in [-0.1, -0.05) is 26.0 Å². The summed E-state index contributed by atoms with van der Waals surface area (Å²) in [4.78, 5) is 26.9. The predicted molar refractivity (Wildman–Crippen MR) is 112 cm³/mol. The van der Waals surface area contributed by atoms with Crippen LogP contribution in [0.3, 0.4) is 0 Å². The maximum Gasteiger partial charge on any atom is 0.255 e. The molecule has 1 aromatic heterocycles. The Morgan fingerprint density at radius 3 is 2.66 bits per heavy atom. The van der Waals surface area contributed by atoms with E-state index in [0.29, 0.717) is 29.5 Å². The van der Waals surface area contributed by atoms with Crippen molar-refractivity contribution in [2.45, 2.75) is 51.6 Å². The summed E-state index contributed by atoms with van der Waals surface area (Å²) >= 11 is 0. The van der Waals surface area contributed by atoms with Crippen LogP contribution in [0.1, 0.15) is 65.4 Å². The van der Waals surface area contributed by atoms with Gasteiger partial charge in [-0.15, -0.1) is 0 Å². The molecule has 2 heterocycles. The average Bonchev–Trinajstić information content (AvgIpc) is 3.27. The number of benzene rings is 1. The Labute approximate surface area is 171 Å². The molecule has 3 N–H and O–H groups in total. The smallest absolute Gasteiger partial charge is 0.255 e. The zero-order chi connectivity index (χ0) is 20.5. The molecular weight excluding hydrogens is 366 g/mol. The summed E-state index contributed by atoms with van der Waals surface area (Å²) in [5.74, 6) is 0.466. The molecule has 7 heteroatoms. The van der Waals surface area contributed by atoms with Crippen molar-refractivity contribution >= 4 is 17.5 Å². The lowest BCUT2D eigenvalue weighted by Gasteiger charge is -2.21. The van der Waals surface area contributed by atoms with Crippen LogP contribution in [0.5, 0.6) is 0 Å². The lowest BCUT2D eigenvalue weighted by atomic mass is 10.1. The third-order valence-electron chi connectivity index (χ3n) is 5.66. The van der Waals surface area contributed by atoms with Crippen molar-refractivity contribution in [3.05, 3.63) is 47.3 Å². The Morgan fingerprint density at radius 1 is 1.21 bits per heavy atom. The van der Waals surface area contributed by atoms with Gasteiger partial charge in [0.25, 0.3) is 11.8 Å². The van der Waals surface area contributed by atoms with Crippen LogP contribution in [0.15, 0.2) is 30.5 Å². The lowest BCUT2D eigenvalue weighted by molar-refractivity contribution is 0.0937. The van der Waals surface area contributed by atoms with Crippen LogP contribution >= 0.6 is 0 Å². The zero-order valence-electron chi connectivity index (χ0n) is 17.1. The second kappa shape index (κ2) is 7.89. The highest BCUT2D eigenvalue weighted by molar-refractivity contribution is 5.99. The van der Waals surface area contributed by atoms with Crippen molar-refractivity contribution in [3.63, 3.8) is 0 Å². The van der Waals surface area contributed by atoms with E-state index in [-0.39, 0.29) is 11.9 Å². The molecule has 2 aliphatic rings. The van der Waals surface area contributed by atoms with E-state index >= 15 is 0 Å². The minimum absolute atomic E-state index is 0.0314. The number of hydrogen-bond acceptors (Lipinski definition) is 4. The van der Waals surface area contributed by atoms with Crippen LogP contribution in [0.25, 0.3) is 0 Å². The molecule has 1 unspecified atom stereocenters. The second-order valence-corrected chi connectivity index (χ2v) is 8.58. The van der Waals surface area contributed by atoms with Crippen LogP contribution in [0.4, 0.5) is 5.69 Å². The number of nitrogens with one attached hydrogen (secondary N) is 1. The van der Waals surface area contributed by atoms with E-state index in [0.717, 1.165) is 43.7 Å². The standard InChI is InChI=1S/C22H29N5O2/c1-14(2)12-27-20(15-7-8-15)18(11-24-27)22(29)25-16-9-10-26(13-16)19-6-4-3-5-17(19)21(23)28/h3-6,11,14-16H,7-10,12-13H2,1-2H3,(H2,23,28)(H,25,29). The fourth-order valence-corrected chi connectivity index (χ4v) is 4.17. The minimum atomic E-state index is -0.431. The maximum atomic E-state index is 13.0. The largest absolute Gasteiger partial charge is 0.369 e. The molecule has 2 aromatic rings. The Morgan fingerprint density at radius 2 is 1.97 bits per heavy atom. The van der Waals surface area contributed by atoms with Gasteiger partial charge >= 0.3 is 0 Å². The number of nitrogens with two attached hydrogens (primary N) is 1. The van der Waals surface area contributed by atoms with Crippen LogP contribution in [0.2, 0.25) is 0 Å². The normalized spacial score (nSPS) is 19.0. The molecule has 1 saturated carbocycles. The first kappa shape index (κ1) is 19.5. The van der Waals surface area contributed by atoms with Gasteiger partial charge in [-0.05, 0) is 37.3 Å². The highest BCUT2D eigenvalue weighted by Gasteiger charge is 2.34. The maximum absolute atomic E-state index is 13.0. The summed E-state index contributed by atoms with van der Waals surface area (Å²) in [5, 5.41) is 7.68. The molecule has 1 aliphatic heterocycles. The first-order valence-electron chi connectivity index (χ1n) is 10.4. The Bertz CT molecular complexity index is 916. The Kier molecular flexibility index (Phi) is 5.30. The monoisotopic (exact) mass is 395 g/mol. The number of aromatic nitrogens is 2. The van der Waals surface area contributed by atoms with Crippen LogP contribution < -0.4 is 16.0 Å². The molecular formula is C22H29N5O2. The summed E-state index contributed by atoms with van der Waals surface area (Å²) in [5.41, 5.74) is 8.67. The number of anilines is 1.